The number of hydrogen-bond donors (Lipinski definition) is 1. The van der Waals surface area contributed by atoms with Gasteiger partial charge in [0.1, 0.15) is 5.82 Å². The smallest absolute Gasteiger partial charge is 0.250 e. The number of amides is 1. The highest BCUT2D eigenvalue weighted by Crippen LogP contribution is 2.15. The molecule has 0 aliphatic carbocycles. The highest BCUT2D eigenvalue weighted by Gasteiger charge is 2.10. The zero-order chi connectivity index (χ0) is 10.8. The standard InChI is InChI=1S/C10H8FN3O/c11-7-1-2-9(8(5-7)10(12)15)14-4-3-13-6-14/h1-6H,(H2,12,15). The molecule has 0 unspecified atom stereocenters. The maximum atomic E-state index is 12.9. The number of primary amides is 1. The van der Waals surface area contributed by atoms with Gasteiger partial charge in [-0.25, -0.2) is 9.37 Å². The molecule has 1 aromatic carbocycles. The van der Waals surface area contributed by atoms with Gasteiger partial charge >= 0.3 is 0 Å². The van der Waals surface area contributed by atoms with Crippen LogP contribution in [0.5, 0.6) is 0 Å². The molecule has 0 saturated carbocycles. The summed E-state index contributed by atoms with van der Waals surface area (Å²) in [4.78, 5) is 14.9. The van der Waals surface area contributed by atoms with Crippen LogP contribution in [0.15, 0.2) is 36.9 Å². The molecule has 0 aliphatic heterocycles. The lowest BCUT2D eigenvalue weighted by Gasteiger charge is -2.06. The summed E-state index contributed by atoms with van der Waals surface area (Å²) in [5, 5.41) is 0. The van der Waals surface area contributed by atoms with E-state index in [1.165, 1.54) is 18.5 Å². The van der Waals surface area contributed by atoms with Crippen molar-refractivity contribution in [3.05, 3.63) is 48.3 Å². The van der Waals surface area contributed by atoms with Gasteiger partial charge in [-0.3, -0.25) is 4.79 Å². The minimum atomic E-state index is -0.668. The van der Waals surface area contributed by atoms with Crippen LogP contribution in [0.1, 0.15) is 10.4 Å². The molecule has 1 aromatic heterocycles. The Balaban J connectivity index is 2.61. The predicted octanol–water partition coefficient (Wildman–Crippen LogP) is 1.11. The third kappa shape index (κ3) is 1.71. The predicted molar refractivity (Wildman–Crippen MR) is 52.0 cm³/mol. The fourth-order valence-electron chi connectivity index (χ4n) is 1.33. The van der Waals surface area contributed by atoms with Gasteiger partial charge in [0.2, 0.25) is 0 Å². The number of carbonyl (C=O) groups is 1. The summed E-state index contributed by atoms with van der Waals surface area (Å²) in [5.41, 5.74) is 5.80. The Kier molecular flexibility index (Phi) is 2.21. The quantitative estimate of drug-likeness (QED) is 0.798. The minimum absolute atomic E-state index is 0.132. The van der Waals surface area contributed by atoms with Crippen molar-refractivity contribution in [1.82, 2.24) is 9.55 Å². The summed E-state index contributed by atoms with van der Waals surface area (Å²) < 4.78 is 14.5. The van der Waals surface area contributed by atoms with Gasteiger partial charge in [0.25, 0.3) is 5.91 Å². The van der Waals surface area contributed by atoms with Gasteiger partial charge < -0.3 is 10.3 Å². The molecule has 0 spiro atoms. The number of aromatic nitrogens is 2. The molecular weight excluding hydrogens is 197 g/mol. The summed E-state index contributed by atoms with van der Waals surface area (Å²) in [5.74, 6) is -1.16. The highest BCUT2D eigenvalue weighted by molar-refractivity contribution is 5.96. The summed E-state index contributed by atoms with van der Waals surface area (Å²) >= 11 is 0. The van der Waals surface area contributed by atoms with Gasteiger partial charge in [-0.1, -0.05) is 0 Å². The van der Waals surface area contributed by atoms with Gasteiger partial charge in [0, 0.05) is 12.4 Å². The summed E-state index contributed by atoms with van der Waals surface area (Å²) in [7, 11) is 0. The van der Waals surface area contributed by atoms with Crippen molar-refractivity contribution in [2.75, 3.05) is 0 Å². The normalized spacial score (nSPS) is 10.2. The van der Waals surface area contributed by atoms with Crippen molar-refractivity contribution >= 4 is 5.91 Å². The van der Waals surface area contributed by atoms with Gasteiger partial charge in [-0.05, 0) is 18.2 Å². The lowest BCUT2D eigenvalue weighted by molar-refractivity contribution is 0.1000. The first kappa shape index (κ1) is 9.39. The number of imidazole rings is 1. The van der Waals surface area contributed by atoms with Crippen LogP contribution < -0.4 is 5.73 Å². The van der Waals surface area contributed by atoms with Gasteiger partial charge in [0.05, 0.1) is 17.6 Å². The average molecular weight is 205 g/mol. The fraction of sp³-hybridized carbons (Fsp3) is 0. The van der Waals surface area contributed by atoms with Crippen LogP contribution >= 0.6 is 0 Å². The monoisotopic (exact) mass is 205 g/mol. The van der Waals surface area contributed by atoms with Crippen LogP contribution in [0, 0.1) is 5.82 Å². The number of rotatable bonds is 2. The molecule has 0 bridgehead atoms. The first-order valence-corrected chi connectivity index (χ1v) is 4.26. The van der Waals surface area contributed by atoms with E-state index < -0.39 is 11.7 Å². The molecule has 0 fully saturated rings. The van der Waals surface area contributed by atoms with E-state index in [-0.39, 0.29) is 5.56 Å². The van der Waals surface area contributed by atoms with Crippen molar-refractivity contribution in [2.45, 2.75) is 0 Å². The molecule has 2 aromatic rings. The summed E-state index contributed by atoms with van der Waals surface area (Å²) in [6.07, 6.45) is 4.73. The van der Waals surface area contributed by atoms with Crippen molar-refractivity contribution in [1.29, 1.82) is 0 Å². The van der Waals surface area contributed by atoms with Gasteiger partial charge in [0.15, 0.2) is 0 Å². The molecule has 0 aliphatic rings. The molecule has 15 heavy (non-hydrogen) atoms. The lowest BCUT2D eigenvalue weighted by atomic mass is 10.1. The van der Waals surface area contributed by atoms with Crippen molar-refractivity contribution in [3.63, 3.8) is 0 Å². The number of benzene rings is 1. The SMILES string of the molecule is NC(=O)c1cc(F)ccc1-n1ccnc1. The lowest BCUT2D eigenvalue weighted by Crippen LogP contribution is -2.14. The van der Waals surface area contributed by atoms with E-state index in [1.807, 2.05) is 0 Å². The molecule has 2 rings (SSSR count). The molecule has 2 N–H and O–H groups in total. The van der Waals surface area contributed by atoms with Crippen LogP contribution in [0.3, 0.4) is 0 Å². The highest BCUT2D eigenvalue weighted by atomic mass is 19.1. The van der Waals surface area contributed by atoms with Gasteiger partial charge in [-0.15, -0.1) is 0 Å². The Morgan fingerprint density at radius 1 is 1.47 bits per heavy atom. The topological polar surface area (TPSA) is 60.9 Å². The van der Waals surface area contributed by atoms with E-state index in [4.69, 9.17) is 5.73 Å². The Morgan fingerprint density at radius 2 is 2.27 bits per heavy atom. The molecule has 0 atom stereocenters. The number of carbonyl (C=O) groups excluding carboxylic acids is 1. The molecule has 1 heterocycles. The molecule has 76 valence electrons. The fourth-order valence-corrected chi connectivity index (χ4v) is 1.33. The molecule has 1 amide bonds. The Bertz CT molecular complexity index is 493. The summed E-state index contributed by atoms with van der Waals surface area (Å²) in [6, 6.07) is 3.86. The van der Waals surface area contributed by atoms with Crippen LogP contribution in [0.4, 0.5) is 4.39 Å². The molecule has 4 nitrogen and oxygen atoms in total. The number of nitrogens with zero attached hydrogens (tertiary/aromatic N) is 2. The Hall–Kier alpha value is -2.17. The van der Waals surface area contributed by atoms with Crippen LogP contribution in [-0.4, -0.2) is 15.5 Å². The average Bonchev–Trinajstić information content (AvgIpc) is 2.70. The van der Waals surface area contributed by atoms with E-state index in [0.717, 1.165) is 6.07 Å². The van der Waals surface area contributed by atoms with E-state index in [9.17, 15) is 9.18 Å². The number of hydrogen-bond acceptors (Lipinski definition) is 2. The zero-order valence-electron chi connectivity index (χ0n) is 7.72. The van der Waals surface area contributed by atoms with Crippen LogP contribution in [-0.2, 0) is 0 Å². The third-order valence-corrected chi connectivity index (χ3v) is 2.01. The van der Waals surface area contributed by atoms with E-state index >= 15 is 0 Å². The number of nitrogens with two attached hydrogens (primary N) is 1. The zero-order valence-corrected chi connectivity index (χ0v) is 7.72. The first-order valence-electron chi connectivity index (χ1n) is 4.26. The Morgan fingerprint density at radius 3 is 2.87 bits per heavy atom. The number of halogens is 1. The second-order valence-electron chi connectivity index (χ2n) is 3.00. The van der Waals surface area contributed by atoms with E-state index in [2.05, 4.69) is 4.98 Å². The maximum Gasteiger partial charge on any atom is 0.250 e. The molecule has 5 heteroatoms. The molecule has 0 radical (unpaired) electrons. The van der Waals surface area contributed by atoms with E-state index in [0.29, 0.717) is 5.69 Å². The Labute approximate surface area is 85.2 Å². The van der Waals surface area contributed by atoms with Crippen molar-refractivity contribution < 1.29 is 9.18 Å². The van der Waals surface area contributed by atoms with Crippen LogP contribution in [0.2, 0.25) is 0 Å². The van der Waals surface area contributed by atoms with E-state index in [1.54, 1.807) is 17.0 Å². The second-order valence-corrected chi connectivity index (χ2v) is 3.00. The largest absolute Gasteiger partial charge is 0.366 e. The summed E-state index contributed by atoms with van der Waals surface area (Å²) in [6.45, 7) is 0. The molecule has 0 saturated heterocycles. The van der Waals surface area contributed by atoms with Gasteiger partial charge in [-0.2, -0.15) is 0 Å². The minimum Gasteiger partial charge on any atom is -0.366 e. The van der Waals surface area contributed by atoms with Crippen LogP contribution in [0.25, 0.3) is 5.69 Å². The molecular formula is C10H8FN3O. The van der Waals surface area contributed by atoms with Crippen molar-refractivity contribution in [2.24, 2.45) is 5.73 Å². The first-order chi connectivity index (χ1) is 7.18. The maximum absolute atomic E-state index is 12.9. The third-order valence-electron chi connectivity index (χ3n) is 2.01. The van der Waals surface area contributed by atoms with Crippen molar-refractivity contribution in [3.8, 4) is 5.69 Å². The second kappa shape index (κ2) is 3.53.